The van der Waals surface area contributed by atoms with Crippen molar-refractivity contribution in [1.82, 2.24) is 20.1 Å². The van der Waals surface area contributed by atoms with Gasteiger partial charge in [0.1, 0.15) is 5.82 Å². The highest BCUT2D eigenvalue weighted by atomic mass is 32.1. The second-order valence-corrected chi connectivity index (χ2v) is 7.38. The summed E-state index contributed by atoms with van der Waals surface area (Å²) in [5.74, 6) is 0.0239. The summed E-state index contributed by atoms with van der Waals surface area (Å²) in [6, 6.07) is 10.1. The molecule has 1 saturated carbocycles. The number of carbonyl (C=O) groups is 1. The molecule has 0 aliphatic heterocycles. The number of halogens is 1. The van der Waals surface area contributed by atoms with E-state index in [4.69, 9.17) is 0 Å². The van der Waals surface area contributed by atoms with Crippen LogP contribution in [0.3, 0.4) is 0 Å². The van der Waals surface area contributed by atoms with E-state index in [2.05, 4.69) is 15.4 Å². The van der Waals surface area contributed by atoms with E-state index in [1.54, 1.807) is 12.1 Å². The van der Waals surface area contributed by atoms with Crippen LogP contribution in [0.15, 0.2) is 41.8 Å². The number of nitrogens with one attached hydrogen (secondary N) is 1. The number of amides is 1. The lowest BCUT2D eigenvalue weighted by Crippen LogP contribution is -2.36. The maximum Gasteiger partial charge on any atom is 0.291 e. The highest BCUT2D eigenvalue weighted by Crippen LogP contribution is 2.26. The Hall–Kier alpha value is -2.54. The van der Waals surface area contributed by atoms with Gasteiger partial charge in [0.2, 0.25) is 5.82 Å². The van der Waals surface area contributed by atoms with E-state index >= 15 is 0 Å². The van der Waals surface area contributed by atoms with E-state index in [1.165, 1.54) is 34.6 Å². The summed E-state index contributed by atoms with van der Waals surface area (Å²) in [4.78, 5) is 18.0. The van der Waals surface area contributed by atoms with Crippen molar-refractivity contribution in [1.29, 1.82) is 0 Å². The fraction of sp³-hybridized carbons (Fsp3) is 0.316. The van der Waals surface area contributed by atoms with Crippen molar-refractivity contribution in [3.8, 4) is 16.4 Å². The summed E-state index contributed by atoms with van der Waals surface area (Å²) in [6.45, 7) is 0. The summed E-state index contributed by atoms with van der Waals surface area (Å²) in [5, 5.41) is 9.34. The zero-order valence-electron chi connectivity index (χ0n) is 14.2. The SMILES string of the molecule is O=C(NC1CCCCC1)c1nc(-c2cccs2)n(-c2cccc(F)c2)n1. The lowest BCUT2D eigenvalue weighted by molar-refractivity contribution is 0.0917. The molecule has 5 nitrogen and oxygen atoms in total. The van der Waals surface area contributed by atoms with Gasteiger partial charge >= 0.3 is 0 Å². The van der Waals surface area contributed by atoms with Crippen LogP contribution in [-0.4, -0.2) is 26.7 Å². The van der Waals surface area contributed by atoms with Crippen LogP contribution in [0.5, 0.6) is 0 Å². The predicted molar refractivity (Wildman–Crippen MR) is 99.0 cm³/mol. The molecule has 1 amide bonds. The van der Waals surface area contributed by atoms with Crippen LogP contribution in [0.25, 0.3) is 16.4 Å². The fourth-order valence-electron chi connectivity index (χ4n) is 3.26. The van der Waals surface area contributed by atoms with Gasteiger partial charge in [-0.3, -0.25) is 4.79 Å². The molecule has 0 spiro atoms. The molecule has 4 rings (SSSR count). The van der Waals surface area contributed by atoms with E-state index < -0.39 is 0 Å². The third-order valence-corrected chi connectivity index (χ3v) is 5.41. The van der Waals surface area contributed by atoms with Gasteiger partial charge in [0.25, 0.3) is 5.91 Å². The lowest BCUT2D eigenvalue weighted by atomic mass is 9.95. The molecule has 1 fully saturated rings. The first-order chi connectivity index (χ1) is 12.7. The van der Waals surface area contributed by atoms with Crippen LogP contribution in [0.4, 0.5) is 4.39 Å². The molecule has 7 heteroatoms. The molecule has 0 atom stereocenters. The van der Waals surface area contributed by atoms with Crippen molar-refractivity contribution in [3.05, 3.63) is 53.4 Å². The number of benzene rings is 1. The zero-order chi connectivity index (χ0) is 17.9. The first-order valence-corrected chi connectivity index (χ1v) is 9.66. The largest absolute Gasteiger partial charge is 0.347 e. The van der Waals surface area contributed by atoms with Crippen LogP contribution in [0.2, 0.25) is 0 Å². The monoisotopic (exact) mass is 370 g/mol. The van der Waals surface area contributed by atoms with Gasteiger partial charge in [-0.2, -0.15) is 0 Å². The molecule has 0 bridgehead atoms. The van der Waals surface area contributed by atoms with Gasteiger partial charge in [-0.15, -0.1) is 16.4 Å². The van der Waals surface area contributed by atoms with Crippen LogP contribution in [0.1, 0.15) is 42.7 Å². The topological polar surface area (TPSA) is 59.8 Å². The molecule has 0 radical (unpaired) electrons. The maximum absolute atomic E-state index is 13.7. The highest BCUT2D eigenvalue weighted by molar-refractivity contribution is 7.13. The first-order valence-electron chi connectivity index (χ1n) is 8.78. The van der Waals surface area contributed by atoms with Gasteiger partial charge in [-0.05, 0) is 42.5 Å². The molecule has 1 N–H and O–H groups in total. The zero-order valence-corrected chi connectivity index (χ0v) is 15.0. The molecule has 1 aliphatic carbocycles. The minimum atomic E-state index is -0.358. The average Bonchev–Trinajstić information content (AvgIpc) is 3.32. The molecule has 1 aliphatic rings. The van der Waals surface area contributed by atoms with Crippen molar-refractivity contribution in [3.63, 3.8) is 0 Å². The minimum absolute atomic E-state index is 0.114. The van der Waals surface area contributed by atoms with E-state index in [1.807, 2.05) is 17.5 Å². The van der Waals surface area contributed by atoms with Gasteiger partial charge in [-0.1, -0.05) is 31.4 Å². The van der Waals surface area contributed by atoms with E-state index in [-0.39, 0.29) is 23.6 Å². The third-order valence-electron chi connectivity index (χ3n) is 4.54. The number of nitrogens with zero attached hydrogens (tertiary/aromatic N) is 3. The molecule has 1 aromatic carbocycles. The smallest absolute Gasteiger partial charge is 0.291 e. The quantitative estimate of drug-likeness (QED) is 0.749. The Bertz CT molecular complexity index is 900. The molecular formula is C19H19FN4OS. The second-order valence-electron chi connectivity index (χ2n) is 6.44. The van der Waals surface area contributed by atoms with Crippen LogP contribution in [0, 0.1) is 5.82 Å². The fourth-order valence-corrected chi connectivity index (χ4v) is 3.96. The van der Waals surface area contributed by atoms with Crippen LogP contribution >= 0.6 is 11.3 Å². The Kier molecular flexibility index (Phi) is 4.79. The van der Waals surface area contributed by atoms with Gasteiger partial charge in [-0.25, -0.2) is 14.1 Å². The van der Waals surface area contributed by atoms with E-state index in [0.717, 1.165) is 30.6 Å². The van der Waals surface area contributed by atoms with Crippen molar-refractivity contribution >= 4 is 17.2 Å². The number of carbonyl (C=O) groups excluding carboxylic acids is 1. The molecule has 134 valence electrons. The molecular weight excluding hydrogens is 351 g/mol. The second kappa shape index (κ2) is 7.37. The van der Waals surface area contributed by atoms with E-state index in [0.29, 0.717) is 11.5 Å². The van der Waals surface area contributed by atoms with Crippen molar-refractivity contribution < 1.29 is 9.18 Å². The Morgan fingerprint density at radius 3 is 2.77 bits per heavy atom. The lowest BCUT2D eigenvalue weighted by Gasteiger charge is -2.21. The standard InChI is InChI=1S/C19H19FN4OS/c20-13-6-4-9-15(12-13)24-18(16-10-5-11-26-16)22-17(23-24)19(25)21-14-7-2-1-3-8-14/h4-6,9-12,14H,1-3,7-8H2,(H,21,25). The Balaban J connectivity index is 1.68. The number of thiophene rings is 1. The molecule has 2 aromatic heterocycles. The average molecular weight is 370 g/mol. The summed E-state index contributed by atoms with van der Waals surface area (Å²) in [7, 11) is 0. The number of rotatable bonds is 4. The molecule has 0 saturated heterocycles. The third kappa shape index (κ3) is 3.53. The predicted octanol–water partition coefficient (Wildman–Crippen LogP) is 4.20. The Labute approximate surface area is 154 Å². The van der Waals surface area contributed by atoms with Crippen LogP contribution in [-0.2, 0) is 0 Å². The van der Waals surface area contributed by atoms with Crippen molar-refractivity contribution in [2.24, 2.45) is 0 Å². The van der Waals surface area contributed by atoms with E-state index in [9.17, 15) is 9.18 Å². The molecule has 0 unspecified atom stereocenters. The summed E-state index contributed by atoms with van der Waals surface area (Å²) < 4.78 is 15.2. The Morgan fingerprint density at radius 2 is 2.04 bits per heavy atom. The highest BCUT2D eigenvalue weighted by Gasteiger charge is 2.22. The molecule has 3 aromatic rings. The molecule has 26 heavy (non-hydrogen) atoms. The number of hydrogen-bond donors (Lipinski definition) is 1. The maximum atomic E-state index is 13.7. The summed E-state index contributed by atoms with van der Waals surface area (Å²) in [6.07, 6.45) is 5.48. The normalized spacial score (nSPS) is 15.1. The van der Waals surface area contributed by atoms with Crippen molar-refractivity contribution in [2.75, 3.05) is 0 Å². The number of hydrogen-bond acceptors (Lipinski definition) is 4. The van der Waals surface area contributed by atoms with Gasteiger partial charge < -0.3 is 5.32 Å². The van der Waals surface area contributed by atoms with Gasteiger partial charge in [0, 0.05) is 6.04 Å². The van der Waals surface area contributed by atoms with Gasteiger partial charge in [0.15, 0.2) is 5.82 Å². The van der Waals surface area contributed by atoms with Crippen molar-refractivity contribution in [2.45, 2.75) is 38.1 Å². The molecule has 2 heterocycles. The Morgan fingerprint density at radius 1 is 1.19 bits per heavy atom. The minimum Gasteiger partial charge on any atom is -0.347 e. The van der Waals surface area contributed by atoms with Crippen LogP contribution < -0.4 is 5.32 Å². The summed E-state index contributed by atoms with van der Waals surface area (Å²) in [5.41, 5.74) is 0.539. The first kappa shape index (κ1) is 16.9. The summed E-state index contributed by atoms with van der Waals surface area (Å²) >= 11 is 1.50. The van der Waals surface area contributed by atoms with Gasteiger partial charge in [0.05, 0.1) is 10.6 Å². The number of aromatic nitrogens is 3.